The summed E-state index contributed by atoms with van der Waals surface area (Å²) in [5.41, 5.74) is 2.69. The number of hydrogen-bond donors (Lipinski definition) is 2. The number of esters is 5. The van der Waals surface area contributed by atoms with Crippen molar-refractivity contribution in [1.82, 2.24) is 0 Å². The Labute approximate surface area is 523 Å². The molecular weight excluding hydrogens is 1390 g/mol. The molecule has 0 atom stereocenters. The van der Waals surface area contributed by atoms with Gasteiger partial charge in [-0.2, -0.15) is 4.85 Å². The molecule has 0 unspecified atom stereocenters. The van der Waals surface area contributed by atoms with E-state index in [1.54, 1.807) is 90.1 Å². The van der Waals surface area contributed by atoms with Crippen molar-refractivity contribution in [3.63, 3.8) is 0 Å². The maximum absolute atomic E-state index is 12.1. The zero-order valence-electron chi connectivity index (χ0n) is 47.4. The maximum Gasteiger partial charge on any atom is 0.561 e. The van der Waals surface area contributed by atoms with Crippen LogP contribution < -0.4 is 0 Å². The molecule has 2 N–H and O–H groups in total. The molecule has 1 saturated heterocycles. The van der Waals surface area contributed by atoms with Crippen LogP contribution in [0.2, 0.25) is 0 Å². The van der Waals surface area contributed by atoms with E-state index in [1.165, 1.54) is 12.5 Å². The molecule has 1 aliphatic heterocycles. The third-order valence-corrected chi connectivity index (χ3v) is 14.2. The van der Waals surface area contributed by atoms with Crippen molar-refractivity contribution in [3.8, 4) is 0 Å². The van der Waals surface area contributed by atoms with E-state index in [9.17, 15) is 28.8 Å². The van der Waals surface area contributed by atoms with Crippen LogP contribution in [0.1, 0.15) is 96.0 Å². The molecule has 0 aromatic heterocycles. The topological polar surface area (TPSA) is 212 Å². The minimum Gasteiger partial charge on any atom is -0.486 e. The van der Waals surface area contributed by atoms with Gasteiger partial charge in [0.15, 0.2) is 11.3 Å². The molecule has 6 rings (SSSR count). The highest BCUT2D eigenvalue weighted by Crippen LogP contribution is 2.33. The molecule has 0 aliphatic carbocycles. The van der Waals surface area contributed by atoms with Crippen molar-refractivity contribution in [2.24, 2.45) is 0 Å². The lowest BCUT2D eigenvalue weighted by Crippen LogP contribution is -2.43. The highest BCUT2D eigenvalue weighted by atomic mass is 79.9. The van der Waals surface area contributed by atoms with Crippen LogP contribution in [-0.4, -0.2) is 112 Å². The molecule has 0 radical (unpaired) electrons. The third kappa shape index (κ3) is 26.1. The Morgan fingerprint density at radius 3 is 1.22 bits per heavy atom. The van der Waals surface area contributed by atoms with Gasteiger partial charge in [-0.1, -0.05) is 154 Å². The Kier molecular flexibility index (Phi) is 36.5. The Bertz CT molecular complexity index is 2710. The lowest BCUT2D eigenvalue weighted by molar-refractivity contribution is -0.164. The molecule has 446 valence electrons. The lowest BCUT2D eigenvalue weighted by atomic mass is 9.81. The van der Waals surface area contributed by atoms with Crippen molar-refractivity contribution < 1.29 is 72.1 Å². The van der Waals surface area contributed by atoms with Crippen molar-refractivity contribution >= 4 is 116 Å². The first-order valence-electron chi connectivity index (χ1n) is 25.9. The number of ether oxygens (including phenoxy) is 7. The fraction of sp³-hybridized carbons (Fsp3) is 0.393. The summed E-state index contributed by atoms with van der Waals surface area (Å²) in [7, 11) is 0. The molecule has 5 aromatic carbocycles. The van der Waals surface area contributed by atoms with E-state index in [0.29, 0.717) is 24.2 Å². The standard InChI is InChI=1S/C14H17BrO4.C13H15BrO4.C10H13BrO2.C10H11BrO2.C10H11BrO.C4H5NO2/c1-4-18-12(16)14(3,13(17)19-5-2)10-6-8-11(15)9-7-10;1-3-17-12(15)11(13(16)18-4-2)9-5-7-10(14)8-6-9;1-10(6-12,7-13)8-2-4-9(11)5-3-8;1-2-13-10(12)7-8-3-5-9(11)6-4-8;1-10(6-12-7-10)8-2-4-9(11)5-3-8;1-3-7-4(6)5-2/h6-9H,4-5H2,1-3H3;5-8,11H,3-4H2,1-2H3;2-5,12-13H,6-7H2,1H3;3-6H,2,7H2,1H3;2-5H,6-7H2,1H3;3H2,1H3. The number of hydrogen-bond acceptors (Lipinski definition) is 15. The lowest BCUT2D eigenvalue weighted by Gasteiger charge is -2.38. The van der Waals surface area contributed by atoms with Crippen molar-refractivity contribution in [2.75, 3.05) is 66.1 Å². The van der Waals surface area contributed by atoms with Gasteiger partial charge in [0.2, 0.25) is 0 Å². The number of nitrogens with zero attached hydrogens (tertiary/aromatic N) is 1. The van der Waals surface area contributed by atoms with Crippen LogP contribution in [0, 0.1) is 6.57 Å². The number of halogens is 5. The third-order valence-electron chi connectivity index (χ3n) is 11.6. The summed E-state index contributed by atoms with van der Waals surface area (Å²) in [4.78, 5) is 71.2. The fourth-order valence-electron chi connectivity index (χ4n) is 6.78. The van der Waals surface area contributed by atoms with E-state index < -0.39 is 46.7 Å². The van der Waals surface area contributed by atoms with Gasteiger partial charge in [-0.15, -0.1) is 0 Å². The van der Waals surface area contributed by atoms with Gasteiger partial charge in [-0.3, -0.25) is 28.8 Å². The summed E-state index contributed by atoms with van der Waals surface area (Å²) in [6.45, 7) is 25.1. The van der Waals surface area contributed by atoms with Crippen LogP contribution in [0.3, 0.4) is 0 Å². The van der Waals surface area contributed by atoms with Crippen LogP contribution in [0.15, 0.2) is 144 Å². The van der Waals surface area contributed by atoms with Gasteiger partial charge in [-0.05, 0) is 137 Å². The number of rotatable bonds is 18. The molecule has 0 saturated carbocycles. The molecule has 0 spiro atoms. The number of benzene rings is 5. The summed E-state index contributed by atoms with van der Waals surface area (Å²) in [5.74, 6) is -3.56. The molecule has 1 heterocycles. The quantitative estimate of drug-likeness (QED) is 0.0361. The van der Waals surface area contributed by atoms with Gasteiger partial charge < -0.3 is 43.4 Å². The number of aliphatic hydroxyl groups excluding tert-OH is 2. The van der Waals surface area contributed by atoms with Crippen molar-refractivity contribution in [2.45, 2.75) is 90.9 Å². The summed E-state index contributed by atoms with van der Waals surface area (Å²) >= 11 is 16.7. The largest absolute Gasteiger partial charge is 0.561 e. The Hall–Kier alpha value is -5.31. The molecule has 21 heteroatoms. The van der Waals surface area contributed by atoms with Gasteiger partial charge >= 0.3 is 35.9 Å². The smallest absolute Gasteiger partial charge is 0.486 e. The average Bonchev–Trinajstić information content (AvgIpc) is 3.58. The van der Waals surface area contributed by atoms with E-state index in [4.69, 9.17) is 45.2 Å². The summed E-state index contributed by atoms with van der Waals surface area (Å²) in [6.07, 6.45) is -0.483. The molecular formula is C61H72Br5NO15. The van der Waals surface area contributed by atoms with E-state index >= 15 is 0 Å². The first-order valence-corrected chi connectivity index (χ1v) is 29.8. The zero-order valence-corrected chi connectivity index (χ0v) is 55.4. The minimum absolute atomic E-state index is 0.0505. The highest BCUT2D eigenvalue weighted by molar-refractivity contribution is 9.11. The van der Waals surface area contributed by atoms with E-state index in [0.717, 1.165) is 46.7 Å². The molecule has 1 amide bonds. The zero-order chi connectivity index (χ0) is 61.9. The van der Waals surface area contributed by atoms with Crippen LogP contribution in [0.25, 0.3) is 4.85 Å². The SMILES string of the molecule is CC(CO)(CO)c1ccc(Br)cc1.CC1(c2ccc(Br)cc2)COC1.CCOC(=O)C(C(=O)OCC)c1ccc(Br)cc1.CCOC(=O)C(C)(C(=O)OCC)c1ccc(Br)cc1.CCOC(=O)Cc1ccc(Br)cc1.[C-]#[N+]C(=O)OCC. The molecule has 82 heavy (non-hydrogen) atoms. The average molecular weight is 1460 g/mol. The fourth-order valence-corrected chi connectivity index (χ4v) is 8.10. The van der Waals surface area contributed by atoms with Crippen molar-refractivity contribution in [3.05, 3.63) is 183 Å². The van der Waals surface area contributed by atoms with E-state index in [2.05, 4.69) is 120 Å². The Morgan fingerprint density at radius 2 is 0.890 bits per heavy atom. The van der Waals surface area contributed by atoms with Gasteiger partial charge in [0.1, 0.15) is 6.57 Å². The molecule has 1 aliphatic rings. The molecule has 16 nitrogen and oxygen atoms in total. The molecule has 1 fully saturated rings. The minimum atomic E-state index is -1.44. The first-order chi connectivity index (χ1) is 38.9. The normalized spacial score (nSPS) is 11.7. The van der Waals surface area contributed by atoms with E-state index in [1.807, 2.05) is 55.5 Å². The molecule has 0 bridgehead atoms. The van der Waals surface area contributed by atoms with Crippen LogP contribution in [-0.2, 0) is 79.8 Å². The monoisotopic (exact) mass is 1450 g/mol. The van der Waals surface area contributed by atoms with Gasteiger partial charge in [0, 0.05) is 33.2 Å². The summed E-state index contributed by atoms with van der Waals surface area (Å²) in [5, 5.41) is 18.3. The van der Waals surface area contributed by atoms with Crippen LogP contribution >= 0.6 is 79.6 Å². The Balaban J connectivity index is 0.000000502. The number of carbonyl (C=O) groups is 6. The number of amides is 1. The highest BCUT2D eigenvalue weighted by Gasteiger charge is 2.46. The van der Waals surface area contributed by atoms with E-state index in [-0.39, 0.29) is 57.6 Å². The predicted octanol–water partition coefficient (Wildman–Crippen LogP) is 13.5. The predicted molar refractivity (Wildman–Crippen MR) is 331 cm³/mol. The first kappa shape index (κ1) is 74.7. The van der Waals surface area contributed by atoms with Gasteiger partial charge in [0.05, 0.1) is 72.5 Å². The van der Waals surface area contributed by atoms with Crippen LogP contribution in [0.4, 0.5) is 4.79 Å². The summed E-state index contributed by atoms with van der Waals surface area (Å²) in [6, 6.07) is 37.6. The second-order valence-electron chi connectivity index (χ2n) is 17.9. The maximum atomic E-state index is 12.1. The second-order valence-corrected chi connectivity index (χ2v) is 22.5. The summed E-state index contributed by atoms with van der Waals surface area (Å²) < 4.78 is 38.9. The second kappa shape index (κ2) is 40.0. The number of aliphatic hydroxyl groups is 2. The Morgan fingerprint density at radius 1 is 0.537 bits per heavy atom. The number of carbonyl (C=O) groups excluding carboxylic acids is 6. The van der Waals surface area contributed by atoms with Gasteiger partial charge in [-0.25, -0.2) is 0 Å². The van der Waals surface area contributed by atoms with Crippen molar-refractivity contribution in [1.29, 1.82) is 0 Å². The molecule has 5 aromatic rings. The van der Waals surface area contributed by atoms with Gasteiger partial charge in [0.25, 0.3) is 0 Å². The van der Waals surface area contributed by atoms with Crippen LogP contribution in [0.5, 0.6) is 0 Å².